The van der Waals surface area contributed by atoms with E-state index in [2.05, 4.69) is 10.6 Å². The lowest BCUT2D eigenvalue weighted by Crippen LogP contribution is -2.43. The predicted molar refractivity (Wildman–Crippen MR) is 114 cm³/mol. The van der Waals surface area contributed by atoms with E-state index in [0.717, 1.165) is 17.5 Å². The first-order chi connectivity index (χ1) is 14.0. The van der Waals surface area contributed by atoms with Crippen molar-refractivity contribution in [1.29, 1.82) is 0 Å². The minimum atomic E-state index is -0.342. The molecule has 2 aromatic carbocycles. The molecule has 2 N–H and O–H groups in total. The first-order valence-electron chi connectivity index (χ1n) is 9.93. The van der Waals surface area contributed by atoms with Crippen LogP contribution in [0.4, 0.5) is 5.69 Å². The molecule has 0 fully saturated rings. The van der Waals surface area contributed by atoms with Crippen molar-refractivity contribution in [3.8, 4) is 0 Å². The lowest BCUT2D eigenvalue weighted by Gasteiger charge is -2.21. The van der Waals surface area contributed by atoms with Crippen molar-refractivity contribution >= 4 is 23.4 Å². The Morgan fingerprint density at radius 3 is 2.28 bits per heavy atom. The fraction of sp³-hybridized carbons (Fsp3) is 0.348. The molecule has 0 aliphatic heterocycles. The Balaban J connectivity index is 1.77. The van der Waals surface area contributed by atoms with E-state index in [1.54, 1.807) is 4.90 Å². The SMILES string of the molecule is CCCN(CC(=O)NCC(=O)Nc1ccc(C)cc1)C(=O)CCc1ccccc1. The number of rotatable bonds is 10. The van der Waals surface area contributed by atoms with Crippen molar-refractivity contribution in [2.75, 3.05) is 25.0 Å². The van der Waals surface area contributed by atoms with E-state index in [1.807, 2.05) is 68.4 Å². The zero-order valence-corrected chi connectivity index (χ0v) is 17.1. The summed E-state index contributed by atoms with van der Waals surface area (Å²) in [5, 5.41) is 5.32. The number of hydrogen-bond donors (Lipinski definition) is 2. The summed E-state index contributed by atoms with van der Waals surface area (Å²) in [6, 6.07) is 17.2. The molecule has 6 heteroatoms. The van der Waals surface area contributed by atoms with Crippen LogP contribution in [0.5, 0.6) is 0 Å². The van der Waals surface area contributed by atoms with E-state index < -0.39 is 0 Å². The summed E-state index contributed by atoms with van der Waals surface area (Å²) in [5.41, 5.74) is 2.87. The van der Waals surface area contributed by atoms with E-state index in [4.69, 9.17) is 0 Å². The molecule has 29 heavy (non-hydrogen) atoms. The minimum Gasteiger partial charge on any atom is -0.345 e. The fourth-order valence-electron chi connectivity index (χ4n) is 2.87. The second-order valence-electron chi connectivity index (χ2n) is 6.99. The van der Waals surface area contributed by atoms with Gasteiger partial charge in [-0.15, -0.1) is 0 Å². The van der Waals surface area contributed by atoms with Gasteiger partial charge in [-0.05, 0) is 37.5 Å². The Morgan fingerprint density at radius 2 is 1.62 bits per heavy atom. The van der Waals surface area contributed by atoms with Gasteiger partial charge in [0.2, 0.25) is 17.7 Å². The van der Waals surface area contributed by atoms with Crippen LogP contribution < -0.4 is 10.6 Å². The average molecular weight is 396 g/mol. The molecule has 2 rings (SSSR count). The number of amides is 3. The molecular weight excluding hydrogens is 366 g/mol. The van der Waals surface area contributed by atoms with Crippen LogP contribution in [0.3, 0.4) is 0 Å². The Morgan fingerprint density at radius 1 is 0.931 bits per heavy atom. The van der Waals surface area contributed by atoms with Crippen LogP contribution in [0.2, 0.25) is 0 Å². The number of hydrogen-bond acceptors (Lipinski definition) is 3. The summed E-state index contributed by atoms with van der Waals surface area (Å²) in [7, 11) is 0. The van der Waals surface area contributed by atoms with Crippen LogP contribution in [0.15, 0.2) is 54.6 Å². The van der Waals surface area contributed by atoms with Crippen molar-refractivity contribution in [1.82, 2.24) is 10.2 Å². The number of nitrogens with one attached hydrogen (secondary N) is 2. The summed E-state index contributed by atoms with van der Waals surface area (Å²) in [6.45, 7) is 4.26. The number of anilines is 1. The standard InChI is InChI=1S/C23H29N3O3/c1-3-15-26(23(29)14-11-19-7-5-4-6-8-19)17-22(28)24-16-21(27)25-20-12-9-18(2)10-13-20/h4-10,12-13H,3,11,14-17H2,1-2H3,(H,24,28)(H,25,27). The Hall–Kier alpha value is -3.15. The Kier molecular flexibility index (Phi) is 8.89. The van der Waals surface area contributed by atoms with Gasteiger partial charge in [-0.1, -0.05) is 55.0 Å². The Labute approximate surface area is 172 Å². The van der Waals surface area contributed by atoms with Gasteiger partial charge in [-0.25, -0.2) is 0 Å². The molecule has 154 valence electrons. The molecule has 0 aromatic heterocycles. The van der Waals surface area contributed by atoms with Gasteiger partial charge in [0.1, 0.15) is 0 Å². The number of nitrogens with zero attached hydrogens (tertiary/aromatic N) is 1. The summed E-state index contributed by atoms with van der Waals surface area (Å²) >= 11 is 0. The maximum Gasteiger partial charge on any atom is 0.243 e. The largest absolute Gasteiger partial charge is 0.345 e. The highest BCUT2D eigenvalue weighted by Gasteiger charge is 2.17. The van der Waals surface area contributed by atoms with Crippen LogP contribution in [-0.4, -0.2) is 42.3 Å². The number of aryl methyl sites for hydroxylation is 2. The fourth-order valence-corrected chi connectivity index (χ4v) is 2.87. The van der Waals surface area contributed by atoms with Crippen molar-refractivity contribution in [2.24, 2.45) is 0 Å². The van der Waals surface area contributed by atoms with Gasteiger partial charge >= 0.3 is 0 Å². The smallest absolute Gasteiger partial charge is 0.243 e. The second-order valence-corrected chi connectivity index (χ2v) is 6.99. The first kappa shape index (κ1) is 22.1. The van der Waals surface area contributed by atoms with E-state index in [9.17, 15) is 14.4 Å². The maximum atomic E-state index is 12.5. The van der Waals surface area contributed by atoms with Crippen LogP contribution in [0.1, 0.15) is 30.9 Å². The quantitative estimate of drug-likeness (QED) is 0.649. The molecule has 0 atom stereocenters. The van der Waals surface area contributed by atoms with Crippen LogP contribution in [0.25, 0.3) is 0 Å². The van der Waals surface area contributed by atoms with E-state index in [0.29, 0.717) is 25.1 Å². The van der Waals surface area contributed by atoms with Gasteiger partial charge in [0.15, 0.2) is 0 Å². The Bertz CT molecular complexity index is 804. The predicted octanol–water partition coefficient (Wildman–Crippen LogP) is 2.92. The molecule has 0 bridgehead atoms. The molecule has 2 aromatic rings. The topological polar surface area (TPSA) is 78.5 Å². The molecule has 0 unspecified atom stereocenters. The highest BCUT2D eigenvalue weighted by Crippen LogP contribution is 2.08. The lowest BCUT2D eigenvalue weighted by molar-refractivity contribution is -0.136. The summed E-state index contributed by atoms with van der Waals surface area (Å²) in [4.78, 5) is 38.3. The van der Waals surface area contributed by atoms with Crippen molar-refractivity contribution in [3.05, 3.63) is 65.7 Å². The number of carbonyl (C=O) groups is 3. The highest BCUT2D eigenvalue weighted by molar-refractivity contribution is 5.95. The second kappa shape index (κ2) is 11.6. The first-order valence-corrected chi connectivity index (χ1v) is 9.93. The van der Waals surface area contributed by atoms with Gasteiger partial charge < -0.3 is 15.5 Å². The third kappa shape index (κ3) is 8.17. The van der Waals surface area contributed by atoms with Crippen molar-refractivity contribution in [2.45, 2.75) is 33.1 Å². The lowest BCUT2D eigenvalue weighted by atomic mass is 10.1. The maximum absolute atomic E-state index is 12.5. The molecule has 0 spiro atoms. The van der Waals surface area contributed by atoms with E-state index in [-0.39, 0.29) is 30.8 Å². The van der Waals surface area contributed by atoms with Gasteiger partial charge in [-0.3, -0.25) is 14.4 Å². The molecule has 0 saturated carbocycles. The summed E-state index contributed by atoms with van der Waals surface area (Å²) in [5.74, 6) is -0.708. The molecule has 0 aliphatic rings. The molecule has 0 heterocycles. The van der Waals surface area contributed by atoms with Crippen molar-refractivity contribution < 1.29 is 14.4 Å². The molecule has 6 nitrogen and oxygen atoms in total. The third-order valence-electron chi connectivity index (χ3n) is 4.43. The van der Waals surface area contributed by atoms with Gasteiger partial charge in [-0.2, -0.15) is 0 Å². The summed E-state index contributed by atoms with van der Waals surface area (Å²) < 4.78 is 0. The van der Waals surface area contributed by atoms with E-state index in [1.165, 1.54) is 0 Å². The van der Waals surface area contributed by atoms with Crippen LogP contribution in [0, 0.1) is 6.92 Å². The number of carbonyl (C=O) groups excluding carboxylic acids is 3. The highest BCUT2D eigenvalue weighted by atomic mass is 16.2. The molecule has 0 aliphatic carbocycles. The van der Waals surface area contributed by atoms with Crippen LogP contribution >= 0.6 is 0 Å². The monoisotopic (exact) mass is 395 g/mol. The zero-order valence-electron chi connectivity index (χ0n) is 17.1. The van der Waals surface area contributed by atoms with Gasteiger partial charge in [0.25, 0.3) is 0 Å². The molecular formula is C23H29N3O3. The minimum absolute atomic E-state index is 0.0424. The normalized spacial score (nSPS) is 10.3. The van der Waals surface area contributed by atoms with Gasteiger partial charge in [0.05, 0.1) is 13.1 Å². The molecule has 3 amide bonds. The number of benzene rings is 2. The summed E-state index contributed by atoms with van der Waals surface area (Å²) in [6.07, 6.45) is 1.75. The van der Waals surface area contributed by atoms with Crippen molar-refractivity contribution in [3.63, 3.8) is 0 Å². The van der Waals surface area contributed by atoms with Gasteiger partial charge in [0, 0.05) is 18.7 Å². The molecule has 0 saturated heterocycles. The van der Waals surface area contributed by atoms with E-state index >= 15 is 0 Å². The average Bonchev–Trinajstić information content (AvgIpc) is 2.72. The van der Waals surface area contributed by atoms with Crippen LogP contribution in [-0.2, 0) is 20.8 Å². The zero-order chi connectivity index (χ0) is 21.1. The molecule has 0 radical (unpaired) electrons. The third-order valence-corrected chi connectivity index (χ3v) is 4.43.